The SMILES string of the molecule is COc1ncnc(OC)c1-n1c(NS(=O)(=O)C(C)C(C)c2ncc(C)cn2)nnc1C1CCCCC1. The van der Waals surface area contributed by atoms with Gasteiger partial charge in [0.25, 0.3) is 0 Å². The van der Waals surface area contributed by atoms with Gasteiger partial charge in [0.15, 0.2) is 5.69 Å². The van der Waals surface area contributed by atoms with Crippen LogP contribution in [0.3, 0.4) is 0 Å². The van der Waals surface area contributed by atoms with Gasteiger partial charge in [-0.15, -0.1) is 10.2 Å². The van der Waals surface area contributed by atoms with Crippen molar-refractivity contribution in [3.8, 4) is 17.4 Å². The molecule has 3 aromatic rings. The Balaban J connectivity index is 1.77. The van der Waals surface area contributed by atoms with Gasteiger partial charge in [0, 0.05) is 24.2 Å². The lowest BCUT2D eigenvalue weighted by Crippen LogP contribution is -2.31. The summed E-state index contributed by atoms with van der Waals surface area (Å²) in [7, 11) is -0.979. The summed E-state index contributed by atoms with van der Waals surface area (Å²) in [5.41, 5.74) is 1.24. The smallest absolute Gasteiger partial charge is 0.245 e. The van der Waals surface area contributed by atoms with Crippen molar-refractivity contribution in [1.29, 1.82) is 0 Å². The van der Waals surface area contributed by atoms with E-state index in [2.05, 4.69) is 34.9 Å². The lowest BCUT2D eigenvalue weighted by atomic mass is 9.88. The zero-order chi connectivity index (χ0) is 25.9. The highest BCUT2D eigenvalue weighted by Gasteiger charge is 2.34. The molecule has 1 saturated carbocycles. The molecule has 0 saturated heterocycles. The van der Waals surface area contributed by atoms with E-state index in [1.54, 1.807) is 30.8 Å². The fraction of sp³-hybridized carbons (Fsp3) is 0.565. The monoisotopic (exact) mass is 516 g/mol. The van der Waals surface area contributed by atoms with Gasteiger partial charge in [-0.05, 0) is 32.3 Å². The summed E-state index contributed by atoms with van der Waals surface area (Å²) in [4.78, 5) is 17.0. The summed E-state index contributed by atoms with van der Waals surface area (Å²) >= 11 is 0. The summed E-state index contributed by atoms with van der Waals surface area (Å²) in [6.45, 7) is 5.28. The van der Waals surface area contributed by atoms with Crippen LogP contribution in [0.1, 0.15) is 75.0 Å². The maximum Gasteiger partial charge on any atom is 0.245 e. The molecular formula is C23H32N8O4S. The Bertz CT molecular complexity index is 1270. The van der Waals surface area contributed by atoms with Crippen molar-refractivity contribution in [1.82, 2.24) is 34.7 Å². The minimum atomic E-state index is -3.93. The normalized spacial score (nSPS) is 16.4. The molecule has 2 unspecified atom stereocenters. The van der Waals surface area contributed by atoms with Crippen LogP contribution in [0.25, 0.3) is 5.69 Å². The Morgan fingerprint density at radius 3 is 2.17 bits per heavy atom. The zero-order valence-electron chi connectivity index (χ0n) is 21.2. The molecule has 0 bridgehead atoms. The summed E-state index contributed by atoms with van der Waals surface area (Å²) in [5.74, 6) is 1.13. The van der Waals surface area contributed by atoms with Gasteiger partial charge < -0.3 is 9.47 Å². The van der Waals surface area contributed by atoms with Crippen LogP contribution in [0, 0.1) is 6.92 Å². The molecule has 194 valence electrons. The predicted molar refractivity (Wildman–Crippen MR) is 133 cm³/mol. The van der Waals surface area contributed by atoms with Crippen LogP contribution < -0.4 is 14.2 Å². The van der Waals surface area contributed by atoms with Crippen LogP contribution in [-0.4, -0.2) is 62.6 Å². The van der Waals surface area contributed by atoms with E-state index in [1.807, 2.05) is 6.92 Å². The van der Waals surface area contributed by atoms with E-state index in [4.69, 9.17) is 9.47 Å². The maximum atomic E-state index is 13.5. The van der Waals surface area contributed by atoms with E-state index in [9.17, 15) is 8.42 Å². The highest BCUT2D eigenvalue weighted by molar-refractivity contribution is 7.93. The van der Waals surface area contributed by atoms with Gasteiger partial charge in [-0.3, -0.25) is 9.29 Å². The molecule has 1 N–H and O–H groups in total. The fourth-order valence-corrected chi connectivity index (χ4v) is 5.61. The van der Waals surface area contributed by atoms with Gasteiger partial charge in [-0.25, -0.2) is 18.4 Å². The molecule has 0 radical (unpaired) electrons. The molecular weight excluding hydrogens is 484 g/mol. The van der Waals surface area contributed by atoms with E-state index in [1.165, 1.54) is 20.5 Å². The quantitative estimate of drug-likeness (QED) is 0.450. The van der Waals surface area contributed by atoms with E-state index in [-0.39, 0.29) is 23.6 Å². The second kappa shape index (κ2) is 10.7. The van der Waals surface area contributed by atoms with Crippen LogP contribution in [0.2, 0.25) is 0 Å². The number of aromatic nitrogens is 7. The number of hydrogen-bond donors (Lipinski definition) is 1. The number of rotatable bonds is 9. The molecule has 2 atom stereocenters. The van der Waals surface area contributed by atoms with Crippen LogP contribution in [0.4, 0.5) is 5.95 Å². The van der Waals surface area contributed by atoms with Crippen LogP contribution in [0.5, 0.6) is 11.8 Å². The number of aryl methyl sites for hydroxylation is 1. The van der Waals surface area contributed by atoms with E-state index < -0.39 is 21.2 Å². The second-order valence-electron chi connectivity index (χ2n) is 9.05. The molecule has 0 aromatic carbocycles. The number of methoxy groups -OCH3 is 2. The Labute approximate surface area is 211 Å². The van der Waals surface area contributed by atoms with Crippen molar-refractivity contribution in [2.75, 3.05) is 18.9 Å². The largest absolute Gasteiger partial charge is 0.479 e. The van der Waals surface area contributed by atoms with Gasteiger partial charge in [0.1, 0.15) is 18.0 Å². The lowest BCUT2D eigenvalue weighted by Gasteiger charge is -2.24. The first-order chi connectivity index (χ1) is 17.3. The first-order valence-corrected chi connectivity index (χ1v) is 13.5. The van der Waals surface area contributed by atoms with E-state index in [0.717, 1.165) is 37.7 Å². The first kappa shape index (κ1) is 25.7. The van der Waals surface area contributed by atoms with Crippen molar-refractivity contribution in [2.24, 2.45) is 0 Å². The van der Waals surface area contributed by atoms with Crippen LogP contribution in [-0.2, 0) is 10.0 Å². The molecule has 12 nitrogen and oxygen atoms in total. The van der Waals surface area contributed by atoms with Crippen molar-refractivity contribution >= 4 is 16.0 Å². The number of ether oxygens (including phenoxy) is 2. The molecule has 1 aliphatic carbocycles. The molecule has 3 heterocycles. The Hall–Kier alpha value is -3.35. The minimum Gasteiger partial charge on any atom is -0.479 e. The third kappa shape index (κ3) is 5.11. The topological polar surface area (TPSA) is 147 Å². The molecule has 13 heteroatoms. The minimum absolute atomic E-state index is 0.0193. The summed E-state index contributed by atoms with van der Waals surface area (Å²) in [6, 6.07) is 0. The molecule has 0 spiro atoms. The number of sulfonamides is 1. The number of anilines is 1. The molecule has 3 aromatic heterocycles. The van der Waals surface area contributed by atoms with E-state index >= 15 is 0 Å². The average molecular weight is 517 g/mol. The van der Waals surface area contributed by atoms with Gasteiger partial charge >= 0.3 is 0 Å². The second-order valence-corrected chi connectivity index (χ2v) is 11.1. The molecule has 1 fully saturated rings. The Morgan fingerprint density at radius 2 is 1.58 bits per heavy atom. The van der Waals surface area contributed by atoms with Crippen molar-refractivity contribution in [3.05, 3.63) is 35.9 Å². The van der Waals surface area contributed by atoms with Crippen molar-refractivity contribution < 1.29 is 17.9 Å². The third-order valence-corrected chi connectivity index (χ3v) is 8.51. The maximum absolute atomic E-state index is 13.5. The van der Waals surface area contributed by atoms with Gasteiger partial charge in [0.05, 0.1) is 19.5 Å². The average Bonchev–Trinajstić information content (AvgIpc) is 3.30. The van der Waals surface area contributed by atoms with Crippen molar-refractivity contribution in [3.63, 3.8) is 0 Å². The Morgan fingerprint density at radius 1 is 0.972 bits per heavy atom. The van der Waals surface area contributed by atoms with Crippen LogP contribution in [0.15, 0.2) is 18.7 Å². The van der Waals surface area contributed by atoms with Crippen LogP contribution >= 0.6 is 0 Å². The zero-order valence-corrected chi connectivity index (χ0v) is 22.0. The lowest BCUT2D eigenvalue weighted by molar-refractivity contribution is 0.365. The van der Waals surface area contributed by atoms with Gasteiger partial charge in [0.2, 0.25) is 27.7 Å². The summed E-state index contributed by atoms with van der Waals surface area (Å²) in [6.07, 6.45) is 9.78. The standard InChI is InChI=1S/C23H32N8O4S/c1-14-11-24-19(25-12-14)15(2)16(3)36(32,33)30-23-29-28-20(17-9-7-6-8-10-17)31(23)18-21(34-4)26-13-27-22(18)35-5/h11-13,15-17H,6-10H2,1-5H3,(H,29,30). The molecule has 1 aliphatic rings. The molecule has 4 rings (SSSR count). The highest BCUT2D eigenvalue weighted by Crippen LogP contribution is 2.38. The third-order valence-electron chi connectivity index (χ3n) is 6.66. The fourth-order valence-electron chi connectivity index (χ4n) is 4.38. The van der Waals surface area contributed by atoms with Gasteiger partial charge in [-0.1, -0.05) is 26.2 Å². The molecule has 0 amide bonds. The highest BCUT2D eigenvalue weighted by atomic mass is 32.2. The predicted octanol–water partition coefficient (Wildman–Crippen LogP) is 3.15. The number of nitrogens with zero attached hydrogens (tertiary/aromatic N) is 7. The van der Waals surface area contributed by atoms with E-state index in [0.29, 0.717) is 17.3 Å². The van der Waals surface area contributed by atoms with Crippen molar-refractivity contribution in [2.45, 2.75) is 70.0 Å². The molecule has 36 heavy (non-hydrogen) atoms. The molecule has 0 aliphatic heterocycles. The summed E-state index contributed by atoms with van der Waals surface area (Å²) < 4.78 is 42.3. The number of nitrogens with one attached hydrogen (secondary N) is 1. The first-order valence-electron chi connectivity index (χ1n) is 12.0. The number of hydrogen-bond acceptors (Lipinski definition) is 10. The summed E-state index contributed by atoms with van der Waals surface area (Å²) in [5, 5.41) is 7.81. The Kier molecular flexibility index (Phi) is 7.67. The van der Waals surface area contributed by atoms with Gasteiger partial charge in [-0.2, -0.15) is 9.97 Å².